The van der Waals surface area contributed by atoms with Crippen LogP contribution >= 0.6 is 0 Å². The average molecular weight is 234 g/mol. The predicted octanol–water partition coefficient (Wildman–Crippen LogP) is 1.99. The van der Waals surface area contributed by atoms with Gasteiger partial charge in [0.1, 0.15) is 11.5 Å². The first-order valence-electron chi connectivity index (χ1n) is 6.04. The highest BCUT2D eigenvalue weighted by Gasteiger charge is 2.09. The Balaban J connectivity index is 2.68. The third-order valence-electron chi connectivity index (χ3n) is 2.99. The van der Waals surface area contributed by atoms with Gasteiger partial charge in [-0.05, 0) is 38.1 Å². The molecule has 0 aliphatic rings. The molecule has 1 aromatic rings. The van der Waals surface area contributed by atoms with E-state index in [0.717, 1.165) is 12.1 Å². The molecule has 0 saturated heterocycles. The van der Waals surface area contributed by atoms with E-state index in [1.165, 1.54) is 12.8 Å². The van der Waals surface area contributed by atoms with Gasteiger partial charge in [-0.2, -0.15) is 0 Å². The molecule has 0 bridgehead atoms. The first kappa shape index (κ1) is 13.6. The molecule has 4 heteroatoms. The Hall–Kier alpha value is -1.42. The zero-order chi connectivity index (χ0) is 12.8. The lowest BCUT2D eigenvalue weighted by Gasteiger charge is -2.24. The van der Waals surface area contributed by atoms with Crippen LogP contribution in [0.3, 0.4) is 0 Å². The van der Waals surface area contributed by atoms with E-state index in [9.17, 15) is 0 Å². The van der Waals surface area contributed by atoms with Crippen molar-refractivity contribution in [1.82, 2.24) is 9.88 Å². The van der Waals surface area contributed by atoms with Gasteiger partial charge < -0.3 is 5.73 Å². The van der Waals surface area contributed by atoms with Crippen LogP contribution in [0.1, 0.15) is 37.9 Å². The van der Waals surface area contributed by atoms with Crippen LogP contribution in [0.2, 0.25) is 0 Å². The van der Waals surface area contributed by atoms with Crippen LogP contribution in [0, 0.1) is 5.41 Å². The first-order valence-corrected chi connectivity index (χ1v) is 6.04. The highest BCUT2D eigenvalue weighted by Crippen LogP contribution is 2.10. The summed E-state index contributed by atoms with van der Waals surface area (Å²) in [6.45, 7) is 5.30. The number of hydrogen-bond acceptors (Lipinski definition) is 3. The van der Waals surface area contributed by atoms with Gasteiger partial charge in [0.25, 0.3) is 0 Å². The fourth-order valence-electron chi connectivity index (χ4n) is 1.80. The van der Waals surface area contributed by atoms with E-state index in [1.807, 2.05) is 12.1 Å². The van der Waals surface area contributed by atoms with Gasteiger partial charge in [0.2, 0.25) is 0 Å². The molecule has 1 atom stereocenters. The minimum absolute atomic E-state index is 0.0242. The van der Waals surface area contributed by atoms with Crippen molar-refractivity contribution in [1.29, 1.82) is 5.41 Å². The number of pyridine rings is 1. The summed E-state index contributed by atoms with van der Waals surface area (Å²) < 4.78 is 0. The second-order valence-electron chi connectivity index (χ2n) is 4.52. The lowest BCUT2D eigenvalue weighted by atomic mass is 10.1. The zero-order valence-corrected chi connectivity index (χ0v) is 10.9. The Morgan fingerprint density at radius 1 is 1.59 bits per heavy atom. The van der Waals surface area contributed by atoms with Crippen molar-refractivity contribution in [2.75, 3.05) is 7.05 Å². The smallest absolute Gasteiger partial charge is 0.141 e. The standard InChI is InChI=1S/C13H22N4/c1-4-5-10(2)17(3)9-11-6-7-16-12(8-11)13(14)15/h6-8,10H,4-5,9H2,1-3H3,(H3,14,15). The number of nitrogens with one attached hydrogen (secondary N) is 1. The maximum absolute atomic E-state index is 7.37. The van der Waals surface area contributed by atoms with E-state index in [4.69, 9.17) is 11.1 Å². The second-order valence-corrected chi connectivity index (χ2v) is 4.52. The Labute approximate surface area is 103 Å². The summed E-state index contributed by atoms with van der Waals surface area (Å²) in [6.07, 6.45) is 4.10. The summed E-state index contributed by atoms with van der Waals surface area (Å²) in [6, 6.07) is 4.42. The summed E-state index contributed by atoms with van der Waals surface area (Å²) in [4.78, 5) is 6.37. The Kier molecular flexibility index (Phi) is 5.10. The van der Waals surface area contributed by atoms with Gasteiger partial charge >= 0.3 is 0 Å². The largest absolute Gasteiger partial charge is 0.382 e. The number of amidine groups is 1. The summed E-state index contributed by atoms with van der Waals surface area (Å²) in [5, 5.41) is 7.37. The molecule has 0 amide bonds. The van der Waals surface area contributed by atoms with Gasteiger partial charge in [-0.3, -0.25) is 15.3 Å². The lowest BCUT2D eigenvalue weighted by molar-refractivity contribution is 0.237. The van der Waals surface area contributed by atoms with Crippen molar-refractivity contribution < 1.29 is 0 Å². The fraction of sp³-hybridized carbons (Fsp3) is 0.538. The van der Waals surface area contributed by atoms with E-state index < -0.39 is 0 Å². The van der Waals surface area contributed by atoms with Gasteiger partial charge in [-0.15, -0.1) is 0 Å². The molecular weight excluding hydrogens is 212 g/mol. The number of nitrogen functional groups attached to an aromatic ring is 1. The Bertz CT molecular complexity index is 375. The van der Waals surface area contributed by atoms with Crippen LogP contribution in [0.25, 0.3) is 0 Å². The van der Waals surface area contributed by atoms with Gasteiger partial charge in [-0.1, -0.05) is 13.3 Å². The molecule has 0 aromatic carbocycles. The molecule has 0 spiro atoms. The molecule has 4 nitrogen and oxygen atoms in total. The molecule has 17 heavy (non-hydrogen) atoms. The van der Waals surface area contributed by atoms with E-state index in [2.05, 4.69) is 30.8 Å². The molecule has 0 radical (unpaired) electrons. The van der Waals surface area contributed by atoms with Gasteiger partial charge in [0.15, 0.2) is 0 Å². The van der Waals surface area contributed by atoms with Crippen LogP contribution in [-0.4, -0.2) is 28.8 Å². The molecule has 3 N–H and O–H groups in total. The topological polar surface area (TPSA) is 66.0 Å². The monoisotopic (exact) mass is 234 g/mol. The zero-order valence-electron chi connectivity index (χ0n) is 10.9. The van der Waals surface area contributed by atoms with Crippen LogP contribution < -0.4 is 5.73 Å². The van der Waals surface area contributed by atoms with E-state index in [0.29, 0.717) is 11.7 Å². The van der Waals surface area contributed by atoms with Gasteiger partial charge in [0, 0.05) is 18.8 Å². The molecule has 94 valence electrons. The van der Waals surface area contributed by atoms with Crippen LogP contribution in [-0.2, 0) is 6.54 Å². The predicted molar refractivity (Wildman–Crippen MR) is 71.1 cm³/mol. The molecule has 1 rings (SSSR count). The van der Waals surface area contributed by atoms with Crippen molar-refractivity contribution in [3.63, 3.8) is 0 Å². The molecule has 1 heterocycles. The number of nitrogens with two attached hydrogens (primary N) is 1. The van der Waals surface area contributed by atoms with Crippen molar-refractivity contribution >= 4 is 5.84 Å². The number of nitrogens with zero attached hydrogens (tertiary/aromatic N) is 2. The third kappa shape index (κ3) is 4.15. The van der Waals surface area contributed by atoms with Crippen molar-refractivity contribution in [3.05, 3.63) is 29.6 Å². The maximum Gasteiger partial charge on any atom is 0.141 e. The van der Waals surface area contributed by atoms with Crippen LogP contribution in [0.4, 0.5) is 0 Å². The van der Waals surface area contributed by atoms with E-state index in [-0.39, 0.29) is 5.84 Å². The second kappa shape index (κ2) is 6.35. The molecule has 0 aliphatic carbocycles. The quantitative estimate of drug-likeness (QED) is 0.584. The maximum atomic E-state index is 7.37. The number of aromatic nitrogens is 1. The van der Waals surface area contributed by atoms with Gasteiger partial charge in [-0.25, -0.2) is 0 Å². The van der Waals surface area contributed by atoms with Crippen molar-refractivity contribution in [2.45, 2.75) is 39.3 Å². The SMILES string of the molecule is CCCC(C)N(C)Cc1ccnc(C(=N)N)c1. The average Bonchev–Trinajstić information content (AvgIpc) is 2.29. The molecule has 1 unspecified atom stereocenters. The van der Waals surface area contributed by atoms with Crippen LogP contribution in [0.5, 0.6) is 0 Å². The lowest BCUT2D eigenvalue weighted by Crippen LogP contribution is -2.28. The molecule has 0 saturated carbocycles. The summed E-state index contributed by atoms with van der Waals surface area (Å²) >= 11 is 0. The Morgan fingerprint density at radius 2 is 2.29 bits per heavy atom. The number of rotatable bonds is 6. The summed E-state index contributed by atoms with van der Waals surface area (Å²) in [5.74, 6) is 0.0242. The molecular formula is C13H22N4. The molecule has 0 aliphatic heterocycles. The first-order chi connectivity index (χ1) is 8.04. The number of hydrogen-bond donors (Lipinski definition) is 2. The Morgan fingerprint density at radius 3 is 2.88 bits per heavy atom. The van der Waals surface area contributed by atoms with Crippen molar-refractivity contribution in [2.24, 2.45) is 5.73 Å². The summed E-state index contributed by atoms with van der Waals surface area (Å²) in [7, 11) is 2.12. The molecule has 0 fully saturated rings. The minimum atomic E-state index is 0.0242. The molecule has 1 aromatic heterocycles. The highest BCUT2D eigenvalue weighted by atomic mass is 15.1. The van der Waals surface area contributed by atoms with Crippen LogP contribution in [0.15, 0.2) is 18.3 Å². The third-order valence-corrected chi connectivity index (χ3v) is 2.99. The van der Waals surface area contributed by atoms with E-state index in [1.54, 1.807) is 6.20 Å². The van der Waals surface area contributed by atoms with Crippen molar-refractivity contribution in [3.8, 4) is 0 Å². The van der Waals surface area contributed by atoms with E-state index >= 15 is 0 Å². The highest BCUT2D eigenvalue weighted by molar-refractivity contribution is 5.93. The fourth-order valence-corrected chi connectivity index (χ4v) is 1.80. The van der Waals surface area contributed by atoms with Gasteiger partial charge in [0.05, 0.1) is 0 Å². The minimum Gasteiger partial charge on any atom is -0.382 e. The normalized spacial score (nSPS) is 12.7. The summed E-state index contributed by atoms with van der Waals surface area (Å²) in [5.41, 5.74) is 7.13.